The summed E-state index contributed by atoms with van der Waals surface area (Å²) in [5.41, 5.74) is 0. The smallest absolute Gasteiger partial charge is 0.271 e. The van der Waals surface area contributed by atoms with E-state index in [9.17, 15) is 16.8 Å². The summed E-state index contributed by atoms with van der Waals surface area (Å²) in [6.45, 7) is 1.34. The average molecular weight is 337 g/mol. The third-order valence-electron chi connectivity index (χ3n) is 3.41. The van der Waals surface area contributed by atoms with E-state index < -0.39 is 20.0 Å². The lowest BCUT2D eigenvalue weighted by atomic mass is 10.1. The molecule has 1 aromatic heterocycles. The predicted octanol–water partition coefficient (Wildman–Crippen LogP) is -0.559. The molecule has 2 heterocycles. The average Bonchev–Trinajstić information content (AvgIpc) is 2.84. The fraction of sp³-hybridized carbons (Fsp3) is 0.636. The fourth-order valence-corrected chi connectivity index (χ4v) is 3.60. The minimum Gasteiger partial charge on any atom is -0.447 e. The Morgan fingerprint density at radius 1 is 1.29 bits per heavy atom. The Morgan fingerprint density at radius 3 is 2.38 bits per heavy atom. The molecule has 0 amide bonds. The largest absolute Gasteiger partial charge is 0.447 e. The molecule has 1 fully saturated rings. The Kier molecular flexibility index (Phi) is 4.73. The zero-order chi connectivity index (χ0) is 15.7. The highest BCUT2D eigenvalue weighted by Gasteiger charge is 2.24. The molecule has 8 nitrogen and oxygen atoms in total. The molecule has 0 saturated carbocycles. The van der Waals surface area contributed by atoms with Crippen molar-refractivity contribution in [1.29, 1.82) is 0 Å². The SMILES string of the molecule is CS(=O)(=O)N1CCC(NCc2ccc(S(N)(=O)=O)o2)CC1. The first-order chi connectivity index (χ1) is 9.66. The normalized spacial score (nSPS) is 19.0. The standard InChI is InChI=1S/C11H19N3O5S2/c1-20(15,16)14-6-4-9(5-7-14)13-8-10-2-3-11(19-10)21(12,17)18/h2-3,9,13H,4-8H2,1H3,(H2,12,17,18). The number of primary sulfonamides is 1. The second-order valence-electron chi connectivity index (χ2n) is 5.08. The van der Waals surface area contributed by atoms with Gasteiger partial charge in [0.25, 0.3) is 10.0 Å². The molecule has 2 rings (SSSR count). The summed E-state index contributed by atoms with van der Waals surface area (Å²) in [6, 6.07) is 3.04. The van der Waals surface area contributed by atoms with E-state index in [1.165, 1.54) is 16.6 Å². The summed E-state index contributed by atoms with van der Waals surface area (Å²) in [4.78, 5) is 0. The van der Waals surface area contributed by atoms with E-state index in [0.29, 0.717) is 38.2 Å². The molecule has 0 aliphatic carbocycles. The number of sulfonamides is 2. The number of rotatable bonds is 5. The minimum atomic E-state index is -3.82. The van der Waals surface area contributed by atoms with Gasteiger partial charge < -0.3 is 9.73 Å². The van der Waals surface area contributed by atoms with E-state index >= 15 is 0 Å². The first-order valence-electron chi connectivity index (χ1n) is 6.46. The molecule has 1 saturated heterocycles. The predicted molar refractivity (Wildman–Crippen MR) is 76.4 cm³/mol. The summed E-state index contributed by atoms with van der Waals surface area (Å²) >= 11 is 0. The number of hydrogen-bond acceptors (Lipinski definition) is 6. The van der Waals surface area contributed by atoms with Crippen molar-refractivity contribution >= 4 is 20.0 Å². The van der Waals surface area contributed by atoms with Crippen LogP contribution >= 0.6 is 0 Å². The highest BCUT2D eigenvalue weighted by atomic mass is 32.2. The van der Waals surface area contributed by atoms with Crippen LogP contribution in [0.25, 0.3) is 0 Å². The molecule has 10 heteroatoms. The number of furan rings is 1. The monoisotopic (exact) mass is 337 g/mol. The van der Waals surface area contributed by atoms with Gasteiger partial charge in [-0.15, -0.1) is 0 Å². The summed E-state index contributed by atoms with van der Waals surface area (Å²) < 4.78 is 51.5. The van der Waals surface area contributed by atoms with Crippen LogP contribution in [0.15, 0.2) is 21.6 Å². The molecule has 0 radical (unpaired) electrons. The minimum absolute atomic E-state index is 0.172. The van der Waals surface area contributed by atoms with Crippen LogP contribution in [0.1, 0.15) is 18.6 Å². The van der Waals surface area contributed by atoms with Crippen molar-refractivity contribution in [2.75, 3.05) is 19.3 Å². The molecule has 1 aromatic rings. The molecule has 0 bridgehead atoms. The topological polar surface area (TPSA) is 123 Å². The highest BCUT2D eigenvalue weighted by Crippen LogP contribution is 2.15. The Hall–Kier alpha value is -0.940. The van der Waals surface area contributed by atoms with Crippen molar-refractivity contribution in [3.05, 3.63) is 17.9 Å². The Labute approximate surface area is 124 Å². The molecule has 3 N–H and O–H groups in total. The zero-order valence-corrected chi connectivity index (χ0v) is 13.3. The Balaban J connectivity index is 1.84. The van der Waals surface area contributed by atoms with E-state index in [0.717, 1.165) is 0 Å². The third-order valence-corrected chi connectivity index (χ3v) is 5.49. The second kappa shape index (κ2) is 6.05. The number of piperidine rings is 1. The molecule has 0 atom stereocenters. The van der Waals surface area contributed by atoms with Crippen molar-refractivity contribution in [3.63, 3.8) is 0 Å². The van der Waals surface area contributed by atoms with Gasteiger partial charge in [0.1, 0.15) is 5.76 Å². The van der Waals surface area contributed by atoms with Gasteiger partial charge in [0.05, 0.1) is 12.8 Å². The number of nitrogens with two attached hydrogens (primary N) is 1. The van der Waals surface area contributed by atoms with Crippen molar-refractivity contribution in [1.82, 2.24) is 9.62 Å². The number of nitrogens with zero attached hydrogens (tertiary/aromatic N) is 1. The number of hydrogen-bond donors (Lipinski definition) is 2. The van der Waals surface area contributed by atoms with Crippen molar-refractivity contribution in [2.45, 2.75) is 30.5 Å². The van der Waals surface area contributed by atoms with Crippen LogP contribution in [0.3, 0.4) is 0 Å². The summed E-state index contributed by atoms with van der Waals surface area (Å²) in [5.74, 6) is 0.476. The maximum Gasteiger partial charge on any atom is 0.271 e. The van der Waals surface area contributed by atoms with E-state index in [-0.39, 0.29) is 11.1 Å². The van der Waals surface area contributed by atoms with Crippen LogP contribution < -0.4 is 10.5 Å². The van der Waals surface area contributed by atoms with Crippen molar-refractivity contribution in [2.24, 2.45) is 5.14 Å². The van der Waals surface area contributed by atoms with Crippen LogP contribution in [0, 0.1) is 0 Å². The molecule has 120 valence electrons. The van der Waals surface area contributed by atoms with Gasteiger partial charge in [-0.05, 0) is 25.0 Å². The van der Waals surface area contributed by atoms with Crippen LogP contribution in [0.2, 0.25) is 0 Å². The van der Waals surface area contributed by atoms with Gasteiger partial charge >= 0.3 is 0 Å². The van der Waals surface area contributed by atoms with Gasteiger partial charge in [-0.1, -0.05) is 0 Å². The molecule has 0 unspecified atom stereocenters. The molecule has 1 aliphatic heterocycles. The summed E-state index contributed by atoms with van der Waals surface area (Å²) in [6.07, 6.45) is 2.62. The van der Waals surface area contributed by atoms with E-state index in [1.54, 1.807) is 6.07 Å². The van der Waals surface area contributed by atoms with Gasteiger partial charge in [0.2, 0.25) is 15.1 Å². The van der Waals surface area contributed by atoms with Gasteiger partial charge in [-0.2, -0.15) is 0 Å². The van der Waals surface area contributed by atoms with Gasteiger partial charge in [-0.25, -0.2) is 26.3 Å². The summed E-state index contributed by atoms with van der Waals surface area (Å²) in [5, 5.41) is 7.93. The lowest BCUT2D eigenvalue weighted by Crippen LogP contribution is -2.44. The van der Waals surface area contributed by atoms with Crippen LogP contribution in [-0.2, 0) is 26.6 Å². The maximum absolute atomic E-state index is 11.4. The van der Waals surface area contributed by atoms with Gasteiger partial charge in [-0.3, -0.25) is 0 Å². The molecule has 1 aliphatic rings. The van der Waals surface area contributed by atoms with E-state index in [4.69, 9.17) is 9.56 Å². The van der Waals surface area contributed by atoms with Crippen molar-refractivity contribution < 1.29 is 21.3 Å². The molecule has 0 spiro atoms. The lowest BCUT2D eigenvalue weighted by Gasteiger charge is -2.30. The molecular formula is C11H19N3O5S2. The zero-order valence-electron chi connectivity index (χ0n) is 11.6. The van der Waals surface area contributed by atoms with Crippen molar-refractivity contribution in [3.8, 4) is 0 Å². The molecular weight excluding hydrogens is 318 g/mol. The first kappa shape index (κ1) is 16.4. The van der Waals surface area contributed by atoms with Crippen LogP contribution in [0.5, 0.6) is 0 Å². The Morgan fingerprint density at radius 2 is 1.90 bits per heavy atom. The third kappa shape index (κ3) is 4.51. The molecule has 21 heavy (non-hydrogen) atoms. The van der Waals surface area contributed by atoms with E-state index in [2.05, 4.69) is 5.32 Å². The number of nitrogens with one attached hydrogen (secondary N) is 1. The fourth-order valence-electron chi connectivity index (χ4n) is 2.24. The van der Waals surface area contributed by atoms with Crippen LogP contribution in [0.4, 0.5) is 0 Å². The van der Waals surface area contributed by atoms with E-state index in [1.807, 2.05) is 0 Å². The highest BCUT2D eigenvalue weighted by molar-refractivity contribution is 7.89. The first-order valence-corrected chi connectivity index (χ1v) is 9.86. The Bertz CT molecular complexity index is 687. The molecule has 0 aromatic carbocycles. The van der Waals surface area contributed by atoms with Gasteiger partial charge in [0.15, 0.2) is 0 Å². The quantitative estimate of drug-likeness (QED) is 0.742. The maximum atomic E-state index is 11.4. The van der Waals surface area contributed by atoms with Gasteiger partial charge in [0, 0.05) is 19.1 Å². The second-order valence-corrected chi connectivity index (χ2v) is 8.56. The summed E-state index contributed by atoms with van der Waals surface area (Å²) in [7, 11) is -6.94. The lowest BCUT2D eigenvalue weighted by molar-refractivity contribution is 0.282. The van der Waals surface area contributed by atoms with Crippen LogP contribution in [-0.4, -0.2) is 46.5 Å².